The third-order valence-electron chi connectivity index (χ3n) is 4.77. The van der Waals surface area contributed by atoms with Gasteiger partial charge in [-0.05, 0) is 42.5 Å². The molecule has 2 N–H and O–H groups in total. The Labute approximate surface area is 171 Å². The first-order valence-electron chi connectivity index (χ1n) is 9.16. The van der Waals surface area contributed by atoms with Gasteiger partial charge in [0.2, 0.25) is 11.8 Å². The van der Waals surface area contributed by atoms with Gasteiger partial charge in [0.05, 0.1) is 26.3 Å². The Morgan fingerprint density at radius 2 is 1.87 bits per heavy atom. The highest BCUT2D eigenvalue weighted by Gasteiger charge is 2.32. The smallest absolute Gasteiger partial charge is 0.249 e. The molecule has 2 heterocycles. The van der Waals surface area contributed by atoms with Crippen LogP contribution in [0.1, 0.15) is 12.5 Å². The summed E-state index contributed by atoms with van der Waals surface area (Å²) in [6.07, 6.45) is -0.0624. The van der Waals surface area contributed by atoms with Gasteiger partial charge in [0, 0.05) is 17.3 Å². The number of hydrogen-bond acceptors (Lipinski definition) is 5. The van der Waals surface area contributed by atoms with E-state index in [4.69, 9.17) is 9.47 Å². The molecule has 1 aliphatic rings. The van der Waals surface area contributed by atoms with Crippen LogP contribution in [0.5, 0.6) is 11.5 Å². The predicted molar refractivity (Wildman–Crippen MR) is 108 cm³/mol. The zero-order valence-corrected chi connectivity index (χ0v) is 16.3. The van der Waals surface area contributed by atoms with Crippen molar-refractivity contribution < 1.29 is 23.5 Å². The van der Waals surface area contributed by atoms with Crippen LogP contribution in [-0.4, -0.2) is 35.8 Å². The third kappa shape index (κ3) is 3.69. The molecule has 0 bridgehead atoms. The minimum Gasteiger partial charge on any atom is -0.493 e. The first-order valence-corrected chi connectivity index (χ1v) is 9.16. The minimum atomic E-state index is -0.840. The number of rotatable bonds is 5. The second-order valence-electron chi connectivity index (χ2n) is 6.69. The van der Waals surface area contributed by atoms with Crippen molar-refractivity contribution in [1.29, 1.82) is 0 Å². The van der Waals surface area contributed by atoms with E-state index in [0.29, 0.717) is 28.7 Å². The molecule has 0 saturated heterocycles. The van der Waals surface area contributed by atoms with Gasteiger partial charge in [-0.1, -0.05) is 0 Å². The monoisotopic (exact) mass is 410 g/mol. The number of amides is 2. The summed E-state index contributed by atoms with van der Waals surface area (Å²) in [5, 5.41) is 9.96. The van der Waals surface area contributed by atoms with Gasteiger partial charge in [-0.3, -0.25) is 9.59 Å². The summed E-state index contributed by atoms with van der Waals surface area (Å²) in [7, 11) is 3.09. The fourth-order valence-corrected chi connectivity index (χ4v) is 3.28. The quantitative estimate of drug-likeness (QED) is 0.674. The molecule has 4 rings (SSSR count). The molecule has 1 aromatic heterocycles. The summed E-state index contributed by atoms with van der Waals surface area (Å²) < 4.78 is 25.2. The maximum absolute atomic E-state index is 13.1. The van der Waals surface area contributed by atoms with E-state index < -0.39 is 17.8 Å². The fourth-order valence-electron chi connectivity index (χ4n) is 3.28. The van der Waals surface area contributed by atoms with Gasteiger partial charge in [0.15, 0.2) is 11.5 Å². The summed E-state index contributed by atoms with van der Waals surface area (Å²) >= 11 is 0. The topological polar surface area (TPSA) is 94.5 Å². The van der Waals surface area contributed by atoms with Crippen molar-refractivity contribution in [2.45, 2.75) is 12.5 Å². The lowest BCUT2D eigenvalue weighted by atomic mass is 10.1. The SMILES string of the molecule is COc1ccc(-c2cc3n(n2)[C@@H](C(=O)Nc2ccc(F)cc2)CC(=O)N3)cc1OC. The maximum Gasteiger partial charge on any atom is 0.249 e. The summed E-state index contributed by atoms with van der Waals surface area (Å²) in [5.41, 5.74) is 1.73. The molecule has 30 heavy (non-hydrogen) atoms. The van der Waals surface area contributed by atoms with E-state index in [2.05, 4.69) is 15.7 Å². The maximum atomic E-state index is 13.1. The highest BCUT2D eigenvalue weighted by molar-refractivity contribution is 6.01. The molecule has 0 radical (unpaired) electrons. The normalized spacial score (nSPS) is 15.2. The highest BCUT2D eigenvalue weighted by atomic mass is 19.1. The Bertz CT molecular complexity index is 1110. The summed E-state index contributed by atoms with van der Waals surface area (Å²) in [5.74, 6) is 0.417. The number of halogens is 1. The van der Waals surface area contributed by atoms with E-state index in [1.165, 1.54) is 36.1 Å². The molecule has 0 unspecified atom stereocenters. The van der Waals surface area contributed by atoms with Gasteiger partial charge in [-0.15, -0.1) is 0 Å². The third-order valence-corrected chi connectivity index (χ3v) is 4.77. The highest BCUT2D eigenvalue weighted by Crippen LogP contribution is 2.34. The van der Waals surface area contributed by atoms with Crippen molar-refractivity contribution in [3.05, 3.63) is 54.3 Å². The Hall–Kier alpha value is -3.88. The Morgan fingerprint density at radius 3 is 2.57 bits per heavy atom. The predicted octanol–water partition coefficient (Wildman–Crippen LogP) is 3.23. The van der Waals surface area contributed by atoms with E-state index >= 15 is 0 Å². The van der Waals surface area contributed by atoms with E-state index in [1.807, 2.05) is 6.07 Å². The standard InChI is InChI=1S/C21H19FN4O4/c1-29-17-8-3-12(9-18(17)30-2)15-10-19-24-20(27)11-16(26(19)25-15)21(28)23-14-6-4-13(22)5-7-14/h3-10,16H,11H2,1-2H3,(H,23,28)(H,24,27)/t16-/m1/s1. The summed E-state index contributed by atoms with van der Waals surface area (Å²) in [6.45, 7) is 0. The van der Waals surface area contributed by atoms with Crippen LogP contribution in [0, 0.1) is 5.82 Å². The number of carbonyl (C=O) groups excluding carboxylic acids is 2. The summed E-state index contributed by atoms with van der Waals surface area (Å²) in [6, 6.07) is 11.6. The van der Waals surface area contributed by atoms with Crippen LogP contribution in [0.15, 0.2) is 48.5 Å². The molecule has 8 nitrogen and oxygen atoms in total. The van der Waals surface area contributed by atoms with Crippen LogP contribution >= 0.6 is 0 Å². The zero-order valence-electron chi connectivity index (χ0n) is 16.3. The lowest BCUT2D eigenvalue weighted by Crippen LogP contribution is -2.35. The average molecular weight is 410 g/mol. The number of nitrogens with zero attached hydrogens (tertiary/aromatic N) is 2. The number of nitrogens with one attached hydrogen (secondary N) is 2. The Kier molecular flexibility index (Phi) is 5.09. The second kappa shape index (κ2) is 7.86. The molecular weight excluding hydrogens is 391 g/mol. The molecule has 0 aliphatic carbocycles. The van der Waals surface area contributed by atoms with Crippen LogP contribution in [0.4, 0.5) is 15.9 Å². The van der Waals surface area contributed by atoms with Gasteiger partial charge >= 0.3 is 0 Å². The van der Waals surface area contributed by atoms with Crippen molar-refractivity contribution >= 4 is 23.3 Å². The van der Waals surface area contributed by atoms with Gasteiger partial charge in [-0.25, -0.2) is 9.07 Å². The Balaban J connectivity index is 1.65. The van der Waals surface area contributed by atoms with Crippen LogP contribution in [0.25, 0.3) is 11.3 Å². The van der Waals surface area contributed by atoms with Crippen molar-refractivity contribution in [2.75, 3.05) is 24.9 Å². The lowest BCUT2D eigenvalue weighted by molar-refractivity contribution is -0.125. The van der Waals surface area contributed by atoms with Crippen molar-refractivity contribution in [1.82, 2.24) is 9.78 Å². The molecule has 0 spiro atoms. The number of fused-ring (bicyclic) bond motifs is 1. The van der Waals surface area contributed by atoms with Crippen molar-refractivity contribution in [3.8, 4) is 22.8 Å². The number of anilines is 2. The lowest BCUT2D eigenvalue weighted by Gasteiger charge is -2.23. The number of methoxy groups -OCH3 is 2. The number of aromatic nitrogens is 2. The molecule has 2 amide bonds. The zero-order chi connectivity index (χ0) is 21.3. The van der Waals surface area contributed by atoms with E-state index in [-0.39, 0.29) is 12.3 Å². The van der Waals surface area contributed by atoms with Crippen LogP contribution in [0.2, 0.25) is 0 Å². The van der Waals surface area contributed by atoms with Crippen molar-refractivity contribution in [2.24, 2.45) is 0 Å². The molecule has 154 valence electrons. The van der Waals surface area contributed by atoms with Crippen LogP contribution in [0.3, 0.4) is 0 Å². The van der Waals surface area contributed by atoms with Gasteiger partial charge < -0.3 is 20.1 Å². The van der Waals surface area contributed by atoms with E-state index in [9.17, 15) is 14.0 Å². The first-order chi connectivity index (χ1) is 14.5. The molecule has 0 fully saturated rings. The van der Waals surface area contributed by atoms with E-state index in [1.54, 1.807) is 25.3 Å². The molecule has 3 aromatic rings. The second-order valence-corrected chi connectivity index (χ2v) is 6.69. The molecule has 1 atom stereocenters. The average Bonchev–Trinajstić information content (AvgIpc) is 3.18. The molecule has 1 aliphatic heterocycles. The van der Waals surface area contributed by atoms with Crippen molar-refractivity contribution in [3.63, 3.8) is 0 Å². The number of benzene rings is 2. The van der Waals surface area contributed by atoms with Gasteiger partial charge in [-0.2, -0.15) is 5.10 Å². The number of carbonyl (C=O) groups is 2. The number of hydrogen-bond donors (Lipinski definition) is 2. The molecule has 9 heteroatoms. The van der Waals surface area contributed by atoms with Crippen LogP contribution < -0.4 is 20.1 Å². The van der Waals surface area contributed by atoms with Gasteiger partial charge in [0.25, 0.3) is 0 Å². The number of ether oxygens (including phenoxy) is 2. The minimum absolute atomic E-state index is 0.0624. The van der Waals surface area contributed by atoms with E-state index in [0.717, 1.165) is 5.56 Å². The molecular formula is C21H19FN4O4. The first kappa shape index (κ1) is 19.4. The van der Waals surface area contributed by atoms with Gasteiger partial charge in [0.1, 0.15) is 17.7 Å². The molecule has 0 saturated carbocycles. The fraction of sp³-hybridized carbons (Fsp3) is 0.190. The molecule has 2 aromatic carbocycles. The Morgan fingerprint density at radius 1 is 1.13 bits per heavy atom. The largest absolute Gasteiger partial charge is 0.493 e. The van der Waals surface area contributed by atoms with Crippen LogP contribution in [-0.2, 0) is 9.59 Å². The summed E-state index contributed by atoms with van der Waals surface area (Å²) in [4.78, 5) is 25.0.